The number of carbonyl (C=O) groups is 1. The number of aliphatic imine (C=N–C) groups is 1. The summed E-state index contributed by atoms with van der Waals surface area (Å²) in [6.07, 6.45) is 1.66. The largest absolute Gasteiger partial charge is 0.491 e. The van der Waals surface area contributed by atoms with Gasteiger partial charge in [-0.25, -0.2) is 4.98 Å². The first-order valence-corrected chi connectivity index (χ1v) is 12.1. The number of nitrogens with one attached hydrogen (secondary N) is 2. The number of fused-ring (bicyclic) bond motifs is 1. The monoisotopic (exact) mass is 476 g/mol. The van der Waals surface area contributed by atoms with E-state index < -0.39 is 0 Å². The molecule has 7 nitrogen and oxygen atoms in total. The van der Waals surface area contributed by atoms with Gasteiger partial charge in [0, 0.05) is 23.7 Å². The Morgan fingerprint density at radius 3 is 2.62 bits per heavy atom. The molecule has 0 fully saturated rings. The van der Waals surface area contributed by atoms with E-state index in [4.69, 9.17) is 9.73 Å². The highest BCUT2D eigenvalue weighted by molar-refractivity contribution is 7.13. The first kappa shape index (κ1) is 23.8. The van der Waals surface area contributed by atoms with Crippen molar-refractivity contribution >= 4 is 45.3 Å². The van der Waals surface area contributed by atoms with Crippen molar-refractivity contribution in [2.45, 2.75) is 40.2 Å². The van der Waals surface area contributed by atoms with Crippen molar-refractivity contribution in [3.8, 4) is 5.75 Å². The zero-order chi connectivity index (χ0) is 24.3. The molecule has 34 heavy (non-hydrogen) atoms. The van der Waals surface area contributed by atoms with E-state index in [0.717, 1.165) is 35.1 Å². The van der Waals surface area contributed by atoms with Gasteiger partial charge in [0.05, 0.1) is 11.3 Å². The fourth-order valence-corrected chi connectivity index (χ4v) is 4.25. The molecule has 0 radical (unpaired) electrons. The maximum Gasteiger partial charge on any atom is 0.340 e. The lowest BCUT2D eigenvalue weighted by atomic mass is 10.1. The van der Waals surface area contributed by atoms with Crippen molar-refractivity contribution in [2.75, 3.05) is 18.5 Å². The zero-order valence-corrected chi connectivity index (χ0v) is 21.0. The predicted octanol–water partition coefficient (Wildman–Crippen LogP) is 5.38. The Morgan fingerprint density at radius 2 is 1.91 bits per heavy atom. The molecule has 176 valence electrons. The third-order valence-electron chi connectivity index (χ3n) is 5.17. The molecule has 0 aliphatic carbocycles. The van der Waals surface area contributed by atoms with Gasteiger partial charge in [-0.15, -0.1) is 11.3 Å². The van der Waals surface area contributed by atoms with Crippen LogP contribution in [0.4, 0.5) is 16.5 Å². The van der Waals surface area contributed by atoms with Gasteiger partial charge in [-0.2, -0.15) is 4.58 Å². The quantitative estimate of drug-likeness (QED) is 0.355. The minimum Gasteiger partial charge on any atom is -0.491 e. The molecule has 0 saturated carbocycles. The highest BCUT2D eigenvalue weighted by Crippen LogP contribution is 2.40. The Balaban J connectivity index is 1.68. The molecule has 0 saturated heterocycles. The smallest absolute Gasteiger partial charge is 0.340 e. The van der Waals surface area contributed by atoms with Crippen LogP contribution in [-0.2, 0) is 0 Å². The Morgan fingerprint density at radius 1 is 1.12 bits per heavy atom. The molecule has 1 aromatic heterocycles. The maximum atomic E-state index is 13.0. The van der Waals surface area contributed by atoms with Gasteiger partial charge in [0.15, 0.2) is 10.8 Å². The number of benzene rings is 2. The summed E-state index contributed by atoms with van der Waals surface area (Å²) in [7, 11) is 0. The van der Waals surface area contributed by atoms with Crippen LogP contribution in [0.5, 0.6) is 5.75 Å². The molecule has 4 rings (SSSR count). The summed E-state index contributed by atoms with van der Waals surface area (Å²) in [5, 5.41) is 8.69. The molecule has 2 aromatic carbocycles. The van der Waals surface area contributed by atoms with Crippen molar-refractivity contribution in [2.24, 2.45) is 4.99 Å². The molecular weight excluding hydrogens is 446 g/mol. The summed E-state index contributed by atoms with van der Waals surface area (Å²) in [4.78, 5) is 22.2. The van der Waals surface area contributed by atoms with Gasteiger partial charge in [-0.1, -0.05) is 18.2 Å². The Bertz CT molecular complexity index is 1250. The lowest BCUT2D eigenvalue weighted by Crippen LogP contribution is -2.38. The molecule has 0 atom stereocenters. The second-order valence-corrected chi connectivity index (χ2v) is 10.1. The molecule has 0 spiro atoms. The van der Waals surface area contributed by atoms with Crippen LogP contribution in [0.15, 0.2) is 59.0 Å². The third kappa shape index (κ3) is 5.24. The third-order valence-corrected chi connectivity index (χ3v) is 5.86. The topological polar surface area (TPSA) is 78.6 Å². The van der Waals surface area contributed by atoms with E-state index in [1.807, 2.05) is 55.6 Å². The number of amidine groups is 1. The van der Waals surface area contributed by atoms with Crippen LogP contribution in [0.2, 0.25) is 0 Å². The SMILES string of the molecule is CC(C)=[N+]1C(c2ccccc2OCCNC(C)(C)C)=Nc2c(C(=O)Nc3nccs3)cccc21. The summed E-state index contributed by atoms with van der Waals surface area (Å²) in [6, 6.07) is 13.5. The Kier molecular flexibility index (Phi) is 6.90. The molecule has 3 aromatic rings. The fraction of sp³-hybridized carbons (Fsp3) is 0.308. The number of anilines is 1. The van der Waals surface area contributed by atoms with Crippen molar-refractivity contribution in [1.29, 1.82) is 0 Å². The van der Waals surface area contributed by atoms with Gasteiger partial charge in [0.2, 0.25) is 5.69 Å². The average molecular weight is 477 g/mol. The van der Waals surface area contributed by atoms with Gasteiger partial charge in [-0.05, 0) is 63.9 Å². The molecule has 1 amide bonds. The first-order valence-electron chi connectivity index (χ1n) is 11.2. The van der Waals surface area contributed by atoms with Gasteiger partial charge in [0.1, 0.15) is 17.9 Å². The average Bonchev–Trinajstić information content (AvgIpc) is 3.43. The molecule has 2 N–H and O–H groups in total. The van der Waals surface area contributed by atoms with E-state index in [1.165, 1.54) is 11.3 Å². The summed E-state index contributed by atoms with van der Waals surface area (Å²) < 4.78 is 8.23. The first-order chi connectivity index (χ1) is 16.2. The molecule has 1 aliphatic rings. The number of para-hydroxylation sites is 2. The van der Waals surface area contributed by atoms with E-state index in [-0.39, 0.29) is 11.4 Å². The Hall–Kier alpha value is -3.36. The normalized spacial score (nSPS) is 12.9. The molecule has 1 aliphatic heterocycles. The standard InChI is InChI=1S/C26H29N5O2S/c1-17(2)31-20-11-8-10-19(24(32)30-25-27-14-16-34-25)22(20)29-23(31)18-9-6-7-12-21(18)33-15-13-28-26(3,4)5/h6-12,14,16,28H,13,15H2,1-5H3/p+1. The van der Waals surface area contributed by atoms with Crippen molar-refractivity contribution in [1.82, 2.24) is 10.3 Å². The minimum atomic E-state index is -0.233. The second-order valence-electron chi connectivity index (χ2n) is 9.20. The second kappa shape index (κ2) is 9.87. The number of rotatable bonds is 7. The van der Waals surface area contributed by atoms with E-state index >= 15 is 0 Å². The van der Waals surface area contributed by atoms with Crippen molar-refractivity contribution in [3.05, 3.63) is 65.2 Å². The van der Waals surface area contributed by atoms with Gasteiger partial charge in [-0.3, -0.25) is 10.1 Å². The van der Waals surface area contributed by atoms with Crippen molar-refractivity contribution < 1.29 is 14.1 Å². The number of aromatic nitrogens is 1. The van der Waals surface area contributed by atoms with Crippen LogP contribution in [0.1, 0.15) is 50.5 Å². The summed E-state index contributed by atoms with van der Waals surface area (Å²) >= 11 is 1.38. The number of hydrogen-bond donors (Lipinski definition) is 2. The highest BCUT2D eigenvalue weighted by Gasteiger charge is 2.37. The van der Waals surface area contributed by atoms with E-state index in [9.17, 15) is 4.79 Å². The number of nitrogens with zero attached hydrogens (tertiary/aromatic N) is 3. The van der Waals surface area contributed by atoms with E-state index in [0.29, 0.717) is 23.0 Å². The number of amides is 1. The molecule has 0 unspecified atom stereocenters. The van der Waals surface area contributed by atoms with Crippen LogP contribution in [0, 0.1) is 0 Å². The maximum absolute atomic E-state index is 13.0. The summed E-state index contributed by atoms with van der Waals surface area (Å²) in [6.45, 7) is 11.7. The lowest BCUT2D eigenvalue weighted by Gasteiger charge is -2.20. The number of hydrogen-bond acceptors (Lipinski definition) is 6. The number of thiazole rings is 1. The van der Waals surface area contributed by atoms with Crippen molar-refractivity contribution in [3.63, 3.8) is 0 Å². The van der Waals surface area contributed by atoms with Crippen LogP contribution in [-0.4, -0.2) is 45.7 Å². The van der Waals surface area contributed by atoms with Crippen LogP contribution in [0.25, 0.3) is 0 Å². The van der Waals surface area contributed by atoms with Gasteiger partial charge in [0.25, 0.3) is 5.91 Å². The lowest BCUT2D eigenvalue weighted by molar-refractivity contribution is -0.300. The van der Waals surface area contributed by atoms with Gasteiger partial charge >= 0.3 is 5.84 Å². The fourth-order valence-electron chi connectivity index (χ4n) is 3.73. The van der Waals surface area contributed by atoms with Gasteiger partial charge < -0.3 is 10.1 Å². The predicted molar refractivity (Wildman–Crippen MR) is 139 cm³/mol. The number of ether oxygens (including phenoxy) is 1. The summed E-state index contributed by atoms with van der Waals surface area (Å²) in [5.74, 6) is 1.26. The highest BCUT2D eigenvalue weighted by atomic mass is 32.1. The minimum absolute atomic E-state index is 0.0285. The molecular formula is C26H30N5O2S+. The molecule has 8 heteroatoms. The van der Waals surface area contributed by atoms with Crippen LogP contribution in [0.3, 0.4) is 0 Å². The molecule has 2 heterocycles. The zero-order valence-electron chi connectivity index (χ0n) is 20.2. The molecule has 0 bridgehead atoms. The summed E-state index contributed by atoms with van der Waals surface area (Å²) in [5.41, 5.74) is 3.95. The van der Waals surface area contributed by atoms with Crippen LogP contribution >= 0.6 is 11.3 Å². The van der Waals surface area contributed by atoms with E-state index in [1.54, 1.807) is 12.3 Å². The number of carbonyl (C=O) groups excluding carboxylic acids is 1. The van der Waals surface area contributed by atoms with Crippen LogP contribution < -0.4 is 15.4 Å². The van der Waals surface area contributed by atoms with E-state index in [2.05, 4.69) is 41.0 Å². The Labute approximate surface area is 204 Å².